The van der Waals surface area contributed by atoms with Gasteiger partial charge < -0.3 is 14.5 Å². The fraction of sp³-hybridized carbons (Fsp3) is 0.875. The van der Waals surface area contributed by atoms with Gasteiger partial charge in [0.2, 0.25) is 11.8 Å². The average molecular weight is 296 g/mol. The first-order chi connectivity index (χ1) is 10.2. The van der Waals surface area contributed by atoms with Gasteiger partial charge in [-0.15, -0.1) is 0 Å². The third kappa shape index (κ3) is 4.99. The zero-order chi connectivity index (χ0) is 15.1. The van der Waals surface area contributed by atoms with Crippen molar-refractivity contribution in [3.63, 3.8) is 0 Å². The Labute approximate surface area is 127 Å². The van der Waals surface area contributed by atoms with Gasteiger partial charge in [-0.25, -0.2) is 0 Å². The van der Waals surface area contributed by atoms with Crippen LogP contribution in [0, 0.1) is 5.92 Å². The smallest absolute Gasteiger partial charge is 0.222 e. The van der Waals surface area contributed by atoms with Crippen LogP contribution < -0.4 is 0 Å². The molecule has 2 amide bonds. The third-order valence-electron chi connectivity index (χ3n) is 4.51. The van der Waals surface area contributed by atoms with E-state index in [4.69, 9.17) is 4.74 Å². The number of rotatable bonds is 7. The number of carbonyl (C=O) groups is 2. The molecule has 2 aliphatic rings. The standard InChI is InChI=1S/C16H28N2O3/c1-2-21-13-14-7-11-18(12-8-14)16(20)6-4-10-17-9-3-5-15(17)19/h14H,2-13H2,1H3. The minimum absolute atomic E-state index is 0.247. The van der Waals surface area contributed by atoms with Gasteiger partial charge in [0.15, 0.2) is 0 Å². The summed E-state index contributed by atoms with van der Waals surface area (Å²) in [6.07, 6.45) is 5.12. The molecule has 0 aliphatic carbocycles. The maximum Gasteiger partial charge on any atom is 0.222 e. The highest BCUT2D eigenvalue weighted by Crippen LogP contribution is 2.18. The van der Waals surface area contributed by atoms with Gasteiger partial charge in [-0.1, -0.05) is 0 Å². The van der Waals surface area contributed by atoms with Gasteiger partial charge >= 0.3 is 0 Å². The summed E-state index contributed by atoms with van der Waals surface area (Å²) in [6, 6.07) is 0. The van der Waals surface area contributed by atoms with Crippen molar-refractivity contribution >= 4 is 11.8 Å². The molecule has 0 unspecified atom stereocenters. The van der Waals surface area contributed by atoms with Crippen molar-refractivity contribution in [3.8, 4) is 0 Å². The number of ether oxygens (including phenoxy) is 1. The molecule has 2 aliphatic heterocycles. The van der Waals surface area contributed by atoms with Crippen LogP contribution in [0.1, 0.15) is 45.4 Å². The quantitative estimate of drug-likeness (QED) is 0.718. The summed E-state index contributed by atoms with van der Waals surface area (Å²) in [5.41, 5.74) is 0. The van der Waals surface area contributed by atoms with E-state index >= 15 is 0 Å². The van der Waals surface area contributed by atoms with Crippen molar-refractivity contribution in [2.75, 3.05) is 39.4 Å². The van der Waals surface area contributed by atoms with Crippen LogP contribution in [-0.2, 0) is 14.3 Å². The van der Waals surface area contributed by atoms with Crippen molar-refractivity contribution in [3.05, 3.63) is 0 Å². The van der Waals surface area contributed by atoms with Crippen molar-refractivity contribution in [2.45, 2.75) is 45.4 Å². The highest BCUT2D eigenvalue weighted by Gasteiger charge is 2.23. The Kier molecular flexibility index (Phi) is 6.49. The molecule has 0 saturated carbocycles. The topological polar surface area (TPSA) is 49.9 Å². The van der Waals surface area contributed by atoms with E-state index in [9.17, 15) is 9.59 Å². The molecular weight excluding hydrogens is 268 g/mol. The molecule has 21 heavy (non-hydrogen) atoms. The number of nitrogens with zero attached hydrogens (tertiary/aromatic N) is 2. The van der Waals surface area contributed by atoms with Crippen LogP contribution >= 0.6 is 0 Å². The minimum atomic E-state index is 0.247. The molecule has 0 atom stereocenters. The Morgan fingerprint density at radius 2 is 2.05 bits per heavy atom. The van der Waals surface area contributed by atoms with E-state index in [-0.39, 0.29) is 11.8 Å². The van der Waals surface area contributed by atoms with Crippen LogP contribution in [0.25, 0.3) is 0 Å². The van der Waals surface area contributed by atoms with E-state index in [0.29, 0.717) is 18.8 Å². The lowest BCUT2D eigenvalue weighted by molar-refractivity contribution is -0.134. The summed E-state index contributed by atoms with van der Waals surface area (Å²) >= 11 is 0. The van der Waals surface area contributed by atoms with Gasteiger partial charge in [0.1, 0.15) is 0 Å². The van der Waals surface area contributed by atoms with Gasteiger partial charge in [0.05, 0.1) is 0 Å². The molecule has 0 aromatic carbocycles. The largest absolute Gasteiger partial charge is 0.381 e. The second-order valence-electron chi connectivity index (χ2n) is 6.07. The van der Waals surface area contributed by atoms with Crippen LogP contribution in [0.2, 0.25) is 0 Å². The van der Waals surface area contributed by atoms with Crippen molar-refractivity contribution in [1.82, 2.24) is 9.80 Å². The zero-order valence-corrected chi connectivity index (χ0v) is 13.2. The summed E-state index contributed by atoms with van der Waals surface area (Å²) in [5.74, 6) is 1.10. The molecule has 0 aromatic rings. The molecule has 0 N–H and O–H groups in total. The van der Waals surface area contributed by atoms with Gasteiger partial charge in [0.25, 0.3) is 0 Å². The number of amides is 2. The Morgan fingerprint density at radius 3 is 2.67 bits per heavy atom. The van der Waals surface area contributed by atoms with Crippen molar-refractivity contribution in [2.24, 2.45) is 5.92 Å². The van der Waals surface area contributed by atoms with Gasteiger partial charge in [0, 0.05) is 52.2 Å². The Morgan fingerprint density at radius 1 is 1.29 bits per heavy atom. The van der Waals surface area contributed by atoms with Gasteiger partial charge in [-0.2, -0.15) is 0 Å². The van der Waals surface area contributed by atoms with Gasteiger partial charge in [-0.3, -0.25) is 9.59 Å². The fourth-order valence-electron chi connectivity index (χ4n) is 3.15. The molecule has 2 saturated heterocycles. The highest BCUT2D eigenvalue weighted by atomic mass is 16.5. The second kappa shape index (κ2) is 8.37. The van der Waals surface area contributed by atoms with Crippen LogP contribution in [0.4, 0.5) is 0 Å². The Bertz CT molecular complexity index is 351. The lowest BCUT2D eigenvalue weighted by Gasteiger charge is -2.32. The predicted molar refractivity (Wildman–Crippen MR) is 80.8 cm³/mol. The van der Waals surface area contributed by atoms with Crippen LogP contribution in [0.5, 0.6) is 0 Å². The van der Waals surface area contributed by atoms with Crippen molar-refractivity contribution < 1.29 is 14.3 Å². The molecule has 0 spiro atoms. The Balaban J connectivity index is 1.60. The normalized spacial score (nSPS) is 20.3. The number of likely N-dealkylation sites (tertiary alicyclic amines) is 2. The SMILES string of the molecule is CCOCC1CCN(C(=O)CCCN2CCCC2=O)CC1. The number of hydrogen-bond donors (Lipinski definition) is 0. The van der Waals surface area contributed by atoms with E-state index in [1.807, 2.05) is 16.7 Å². The maximum atomic E-state index is 12.2. The van der Waals surface area contributed by atoms with Crippen LogP contribution in [-0.4, -0.2) is 61.0 Å². The third-order valence-corrected chi connectivity index (χ3v) is 4.51. The molecule has 0 aromatic heterocycles. The summed E-state index contributed by atoms with van der Waals surface area (Å²) in [4.78, 5) is 27.5. The van der Waals surface area contributed by atoms with Crippen LogP contribution in [0.3, 0.4) is 0 Å². The number of hydrogen-bond acceptors (Lipinski definition) is 3. The first kappa shape index (κ1) is 16.3. The van der Waals surface area contributed by atoms with Gasteiger partial charge in [-0.05, 0) is 38.5 Å². The zero-order valence-electron chi connectivity index (χ0n) is 13.2. The van der Waals surface area contributed by atoms with Crippen molar-refractivity contribution in [1.29, 1.82) is 0 Å². The second-order valence-corrected chi connectivity index (χ2v) is 6.07. The number of carbonyl (C=O) groups excluding carboxylic acids is 2. The molecule has 0 bridgehead atoms. The summed E-state index contributed by atoms with van der Waals surface area (Å²) in [5, 5.41) is 0. The predicted octanol–water partition coefficient (Wildman–Crippen LogP) is 1.66. The summed E-state index contributed by atoms with van der Waals surface area (Å²) in [6.45, 7) is 6.95. The molecule has 5 nitrogen and oxygen atoms in total. The molecule has 2 rings (SSSR count). The molecule has 120 valence electrons. The lowest BCUT2D eigenvalue weighted by Crippen LogP contribution is -2.39. The molecule has 2 heterocycles. The number of piperidine rings is 1. The van der Waals surface area contributed by atoms with E-state index in [2.05, 4.69) is 0 Å². The first-order valence-corrected chi connectivity index (χ1v) is 8.34. The van der Waals surface area contributed by atoms with E-state index in [0.717, 1.165) is 65.1 Å². The maximum absolute atomic E-state index is 12.2. The highest BCUT2D eigenvalue weighted by molar-refractivity contribution is 5.78. The molecule has 0 radical (unpaired) electrons. The summed E-state index contributed by atoms with van der Waals surface area (Å²) < 4.78 is 5.46. The fourth-order valence-corrected chi connectivity index (χ4v) is 3.15. The van der Waals surface area contributed by atoms with E-state index in [1.165, 1.54) is 0 Å². The monoisotopic (exact) mass is 296 g/mol. The summed E-state index contributed by atoms with van der Waals surface area (Å²) in [7, 11) is 0. The van der Waals surface area contributed by atoms with E-state index < -0.39 is 0 Å². The lowest BCUT2D eigenvalue weighted by atomic mass is 9.97. The molecule has 2 fully saturated rings. The Hall–Kier alpha value is -1.10. The minimum Gasteiger partial charge on any atom is -0.381 e. The molecule has 5 heteroatoms. The van der Waals surface area contributed by atoms with E-state index in [1.54, 1.807) is 0 Å². The molecular formula is C16H28N2O3. The van der Waals surface area contributed by atoms with Crippen LogP contribution in [0.15, 0.2) is 0 Å². The average Bonchev–Trinajstić information content (AvgIpc) is 2.91. The first-order valence-electron chi connectivity index (χ1n) is 8.34.